The number of nitrogens with one attached hydrogen (secondary N) is 1. The first-order valence-corrected chi connectivity index (χ1v) is 12.1. The number of carbonyl (C=O) groups excluding carboxylic acids is 2. The highest BCUT2D eigenvalue weighted by Gasteiger charge is 2.25. The average Bonchev–Trinajstić information content (AvgIpc) is 3.26. The lowest BCUT2D eigenvalue weighted by atomic mass is 9.97. The van der Waals surface area contributed by atoms with Crippen molar-refractivity contribution in [3.63, 3.8) is 0 Å². The monoisotopic (exact) mass is 443 g/mol. The summed E-state index contributed by atoms with van der Waals surface area (Å²) >= 11 is 0. The Bertz CT molecular complexity index is 1080. The van der Waals surface area contributed by atoms with Crippen LogP contribution < -0.4 is 5.32 Å². The normalized spacial score (nSPS) is 16.6. The molecule has 0 radical (unpaired) electrons. The van der Waals surface area contributed by atoms with Gasteiger partial charge in [0.05, 0.1) is 12.5 Å². The number of aryl methyl sites for hydroxylation is 1. The lowest BCUT2D eigenvalue weighted by molar-refractivity contribution is -0.141. The summed E-state index contributed by atoms with van der Waals surface area (Å²) in [5.74, 6) is 0.0309. The molecule has 33 heavy (non-hydrogen) atoms. The Labute approximate surface area is 196 Å². The smallest absolute Gasteiger partial charge is 0.309 e. The SMILES string of the molecule is CC(NCCCc1ccc(C(=O)CCCC2CCOC2=O)cc1)c1cccc2ccccc12. The van der Waals surface area contributed by atoms with E-state index in [0.29, 0.717) is 19.1 Å². The first-order chi connectivity index (χ1) is 16.1. The third kappa shape index (κ3) is 6.08. The summed E-state index contributed by atoms with van der Waals surface area (Å²) in [5, 5.41) is 6.24. The Morgan fingerprint density at radius 1 is 1.03 bits per heavy atom. The molecule has 1 N–H and O–H groups in total. The van der Waals surface area contributed by atoms with Crippen molar-refractivity contribution in [2.24, 2.45) is 5.92 Å². The number of cyclic esters (lactones) is 1. The van der Waals surface area contributed by atoms with Crippen LogP contribution in [0.15, 0.2) is 66.7 Å². The quantitative estimate of drug-likeness (QED) is 0.223. The number of Topliss-reactive ketones (excluding diaryl/α,β-unsaturated/α-hetero) is 1. The standard InChI is InChI=1S/C29H33NO3/c1-21(26-12-4-9-23-8-2-3-11-27(23)26)30-19-6-7-22-14-16-24(17-15-22)28(31)13-5-10-25-18-20-33-29(25)32/h2-4,8-9,11-12,14-17,21,25,30H,5-7,10,13,18-20H2,1H3. The third-order valence-corrected chi connectivity index (χ3v) is 6.66. The fourth-order valence-corrected chi connectivity index (χ4v) is 4.66. The van der Waals surface area contributed by atoms with Crippen LogP contribution in [0.1, 0.15) is 66.6 Å². The van der Waals surface area contributed by atoms with Gasteiger partial charge in [-0.05, 0) is 67.5 Å². The fourth-order valence-electron chi connectivity index (χ4n) is 4.66. The Morgan fingerprint density at radius 3 is 2.61 bits per heavy atom. The van der Waals surface area contributed by atoms with Crippen LogP contribution in [-0.2, 0) is 16.0 Å². The Kier molecular flexibility index (Phi) is 7.90. The maximum Gasteiger partial charge on any atom is 0.309 e. The van der Waals surface area contributed by atoms with Crippen molar-refractivity contribution >= 4 is 22.5 Å². The summed E-state index contributed by atoms with van der Waals surface area (Å²) in [6.07, 6.45) is 4.78. The number of rotatable bonds is 11. The highest BCUT2D eigenvalue weighted by atomic mass is 16.5. The van der Waals surface area contributed by atoms with Gasteiger partial charge in [0.15, 0.2) is 5.78 Å². The topological polar surface area (TPSA) is 55.4 Å². The number of fused-ring (bicyclic) bond motifs is 1. The maximum atomic E-state index is 12.4. The minimum Gasteiger partial charge on any atom is -0.465 e. The Balaban J connectivity index is 1.19. The molecule has 0 spiro atoms. The van der Waals surface area contributed by atoms with Gasteiger partial charge in [-0.2, -0.15) is 0 Å². The average molecular weight is 444 g/mol. The summed E-state index contributed by atoms with van der Waals surface area (Å²) in [6.45, 7) is 3.68. The molecule has 0 saturated carbocycles. The van der Waals surface area contributed by atoms with Gasteiger partial charge in [0.2, 0.25) is 0 Å². The lowest BCUT2D eigenvalue weighted by Gasteiger charge is -2.16. The molecule has 1 aliphatic rings. The van der Waals surface area contributed by atoms with Crippen molar-refractivity contribution < 1.29 is 14.3 Å². The van der Waals surface area contributed by atoms with Crippen LogP contribution in [-0.4, -0.2) is 24.9 Å². The Morgan fingerprint density at radius 2 is 1.82 bits per heavy atom. The van der Waals surface area contributed by atoms with Crippen molar-refractivity contribution in [3.8, 4) is 0 Å². The predicted octanol–water partition coefficient (Wildman–Crippen LogP) is 6.04. The minimum atomic E-state index is -0.104. The van der Waals surface area contributed by atoms with Gasteiger partial charge in [-0.1, -0.05) is 66.7 Å². The van der Waals surface area contributed by atoms with E-state index in [1.54, 1.807) is 0 Å². The van der Waals surface area contributed by atoms with E-state index in [-0.39, 0.29) is 17.7 Å². The van der Waals surface area contributed by atoms with E-state index in [9.17, 15) is 9.59 Å². The summed E-state index contributed by atoms with van der Waals surface area (Å²) in [4.78, 5) is 24.0. The van der Waals surface area contributed by atoms with Crippen molar-refractivity contribution in [2.75, 3.05) is 13.2 Å². The van der Waals surface area contributed by atoms with Crippen LogP contribution in [0, 0.1) is 5.92 Å². The summed E-state index contributed by atoms with van der Waals surface area (Å²) < 4.78 is 4.99. The van der Waals surface area contributed by atoms with Crippen molar-refractivity contribution in [1.82, 2.24) is 5.32 Å². The zero-order chi connectivity index (χ0) is 23.0. The second kappa shape index (κ2) is 11.2. The molecule has 4 heteroatoms. The molecule has 0 aromatic heterocycles. The zero-order valence-electron chi connectivity index (χ0n) is 19.4. The molecule has 172 valence electrons. The fraction of sp³-hybridized carbons (Fsp3) is 0.379. The number of carbonyl (C=O) groups is 2. The van der Waals surface area contributed by atoms with Gasteiger partial charge in [0.1, 0.15) is 0 Å². The highest BCUT2D eigenvalue weighted by molar-refractivity contribution is 5.96. The van der Waals surface area contributed by atoms with E-state index < -0.39 is 0 Å². The molecule has 1 aliphatic heterocycles. The van der Waals surface area contributed by atoms with E-state index in [1.165, 1.54) is 21.9 Å². The van der Waals surface area contributed by atoms with E-state index in [4.69, 9.17) is 4.74 Å². The first kappa shape index (κ1) is 23.2. The van der Waals surface area contributed by atoms with Crippen LogP contribution in [0.5, 0.6) is 0 Å². The number of benzene rings is 3. The zero-order valence-corrected chi connectivity index (χ0v) is 19.4. The number of ether oxygens (including phenoxy) is 1. The molecule has 1 saturated heterocycles. The van der Waals surface area contributed by atoms with Crippen LogP contribution in [0.25, 0.3) is 10.8 Å². The number of esters is 1. The van der Waals surface area contributed by atoms with Crippen molar-refractivity contribution in [3.05, 3.63) is 83.4 Å². The number of hydrogen-bond donors (Lipinski definition) is 1. The van der Waals surface area contributed by atoms with Gasteiger partial charge < -0.3 is 10.1 Å². The van der Waals surface area contributed by atoms with Gasteiger partial charge in [-0.25, -0.2) is 0 Å². The van der Waals surface area contributed by atoms with E-state index in [0.717, 1.165) is 44.2 Å². The second-order valence-electron chi connectivity index (χ2n) is 9.01. The molecular weight excluding hydrogens is 410 g/mol. The molecule has 0 bridgehead atoms. The molecule has 2 unspecified atom stereocenters. The molecule has 3 aromatic rings. The van der Waals surface area contributed by atoms with Gasteiger partial charge in [0.25, 0.3) is 0 Å². The van der Waals surface area contributed by atoms with Gasteiger partial charge in [-0.3, -0.25) is 9.59 Å². The molecular formula is C29H33NO3. The predicted molar refractivity (Wildman–Crippen MR) is 132 cm³/mol. The summed E-state index contributed by atoms with van der Waals surface area (Å²) in [6, 6.07) is 23.3. The van der Waals surface area contributed by atoms with E-state index in [1.807, 2.05) is 12.1 Å². The number of hydrogen-bond acceptors (Lipinski definition) is 4. The largest absolute Gasteiger partial charge is 0.465 e. The van der Waals surface area contributed by atoms with Crippen LogP contribution in [0.4, 0.5) is 0 Å². The molecule has 4 rings (SSSR count). The molecule has 3 aromatic carbocycles. The molecule has 2 atom stereocenters. The van der Waals surface area contributed by atoms with Crippen molar-refractivity contribution in [2.45, 2.75) is 51.5 Å². The third-order valence-electron chi connectivity index (χ3n) is 6.66. The van der Waals surface area contributed by atoms with Gasteiger partial charge >= 0.3 is 5.97 Å². The molecule has 4 nitrogen and oxygen atoms in total. The van der Waals surface area contributed by atoms with Crippen LogP contribution in [0.2, 0.25) is 0 Å². The number of ketones is 1. The maximum absolute atomic E-state index is 12.4. The first-order valence-electron chi connectivity index (χ1n) is 12.1. The molecule has 1 heterocycles. The summed E-state index contributed by atoms with van der Waals surface area (Å²) in [5.41, 5.74) is 3.34. The minimum absolute atomic E-state index is 0.0166. The Hall–Kier alpha value is -2.98. The lowest BCUT2D eigenvalue weighted by Crippen LogP contribution is -2.20. The van der Waals surface area contributed by atoms with Crippen LogP contribution >= 0.6 is 0 Å². The second-order valence-corrected chi connectivity index (χ2v) is 9.01. The molecule has 1 fully saturated rings. The van der Waals surface area contributed by atoms with Gasteiger partial charge in [0, 0.05) is 18.0 Å². The molecule has 0 amide bonds. The van der Waals surface area contributed by atoms with E-state index in [2.05, 4.69) is 66.8 Å². The van der Waals surface area contributed by atoms with E-state index >= 15 is 0 Å². The van der Waals surface area contributed by atoms with Gasteiger partial charge in [-0.15, -0.1) is 0 Å². The van der Waals surface area contributed by atoms with Crippen LogP contribution in [0.3, 0.4) is 0 Å². The summed E-state index contributed by atoms with van der Waals surface area (Å²) in [7, 11) is 0. The highest BCUT2D eigenvalue weighted by Crippen LogP contribution is 2.24. The molecule has 0 aliphatic carbocycles. The van der Waals surface area contributed by atoms with Crippen molar-refractivity contribution in [1.29, 1.82) is 0 Å².